The van der Waals surface area contributed by atoms with Gasteiger partial charge in [0.05, 0.1) is 6.61 Å². The van der Waals surface area contributed by atoms with Gasteiger partial charge < -0.3 is 14.7 Å². The smallest absolute Gasteiger partial charge is 0.313 e. The van der Waals surface area contributed by atoms with Crippen LogP contribution in [0.5, 0.6) is 0 Å². The molecule has 1 saturated heterocycles. The maximum Gasteiger partial charge on any atom is 0.313 e. The van der Waals surface area contributed by atoms with Gasteiger partial charge in [-0.1, -0.05) is 6.42 Å². The van der Waals surface area contributed by atoms with Crippen LogP contribution in [0.25, 0.3) is 0 Å². The van der Waals surface area contributed by atoms with E-state index in [0.29, 0.717) is 19.8 Å². The minimum atomic E-state index is -0.683. The fourth-order valence-corrected chi connectivity index (χ4v) is 4.79. The number of carboxylic acids is 1. The third-order valence-corrected chi connectivity index (χ3v) is 5.78. The highest BCUT2D eigenvalue weighted by Gasteiger charge is 2.43. The molecule has 0 amide bonds. The summed E-state index contributed by atoms with van der Waals surface area (Å²) in [4.78, 5) is 13.9. The molecular formula is C16H27NO3. The number of aliphatic carboxylic acids is 1. The first-order valence-corrected chi connectivity index (χ1v) is 8.09. The van der Waals surface area contributed by atoms with Crippen LogP contribution in [0.15, 0.2) is 0 Å². The third kappa shape index (κ3) is 2.73. The third-order valence-electron chi connectivity index (χ3n) is 5.78. The molecule has 20 heavy (non-hydrogen) atoms. The highest BCUT2D eigenvalue weighted by molar-refractivity contribution is 5.75. The molecule has 3 rings (SSSR count). The number of ether oxygens (including phenoxy) is 1. The number of carboxylic acid groups (broad SMARTS) is 1. The van der Waals surface area contributed by atoms with E-state index in [9.17, 15) is 9.90 Å². The Labute approximate surface area is 121 Å². The summed E-state index contributed by atoms with van der Waals surface area (Å²) < 4.78 is 5.46. The summed E-state index contributed by atoms with van der Waals surface area (Å²) in [5.41, 5.74) is -0.676. The first-order chi connectivity index (χ1) is 9.59. The van der Waals surface area contributed by atoms with E-state index >= 15 is 0 Å². The number of carbonyl (C=O) groups is 1. The second-order valence-electron chi connectivity index (χ2n) is 7.37. The van der Waals surface area contributed by atoms with Crippen LogP contribution >= 0.6 is 0 Å². The molecule has 2 aliphatic carbocycles. The van der Waals surface area contributed by atoms with Gasteiger partial charge >= 0.3 is 5.97 Å². The summed E-state index contributed by atoms with van der Waals surface area (Å²) in [5.74, 6) is 1.99. The van der Waals surface area contributed by atoms with E-state index in [0.717, 1.165) is 37.1 Å². The highest BCUT2D eigenvalue weighted by atomic mass is 16.5. The molecule has 4 nitrogen and oxygen atoms in total. The molecule has 1 N–H and O–H groups in total. The molecule has 0 aromatic rings. The van der Waals surface area contributed by atoms with E-state index in [1.165, 1.54) is 25.7 Å². The summed E-state index contributed by atoms with van der Waals surface area (Å²) in [6, 6.07) is 0. The zero-order valence-electron chi connectivity index (χ0n) is 12.5. The first-order valence-electron chi connectivity index (χ1n) is 8.09. The predicted octanol–water partition coefficient (Wildman–Crippen LogP) is 2.24. The molecule has 3 aliphatic rings. The lowest BCUT2D eigenvalue weighted by atomic mass is 9.81. The number of rotatable bonds is 5. The van der Waals surface area contributed by atoms with Gasteiger partial charge in [-0.3, -0.25) is 4.79 Å². The van der Waals surface area contributed by atoms with Crippen LogP contribution in [0.2, 0.25) is 0 Å². The van der Waals surface area contributed by atoms with Crippen molar-refractivity contribution in [2.45, 2.75) is 38.5 Å². The quantitative estimate of drug-likeness (QED) is 0.839. The molecule has 0 spiro atoms. The Hall–Kier alpha value is -0.610. The largest absolute Gasteiger partial charge is 0.481 e. The maximum atomic E-state index is 11.7. The van der Waals surface area contributed by atoms with Crippen molar-refractivity contribution in [2.75, 3.05) is 33.4 Å². The van der Waals surface area contributed by atoms with Gasteiger partial charge in [0.2, 0.25) is 0 Å². The number of nitrogens with zero attached hydrogens (tertiary/aromatic N) is 1. The Morgan fingerprint density at radius 2 is 2.25 bits per heavy atom. The standard InChI is InChI=1S/C16H27NO3/c1-17(9-14-8-12-3-4-13(14)7-12)10-16(15(18)19)5-2-6-20-11-16/h12-14H,2-11H2,1H3,(H,18,19). The number of hydrogen-bond donors (Lipinski definition) is 1. The van der Waals surface area contributed by atoms with E-state index in [1.807, 2.05) is 0 Å². The van der Waals surface area contributed by atoms with Gasteiger partial charge in [0.15, 0.2) is 0 Å². The van der Waals surface area contributed by atoms with Gasteiger partial charge in [-0.15, -0.1) is 0 Å². The molecule has 1 heterocycles. The average molecular weight is 281 g/mol. The summed E-state index contributed by atoms with van der Waals surface area (Å²) in [6.45, 7) is 2.79. The van der Waals surface area contributed by atoms with Crippen molar-refractivity contribution >= 4 is 5.97 Å². The lowest BCUT2D eigenvalue weighted by Crippen LogP contribution is -2.48. The number of fused-ring (bicyclic) bond motifs is 2. The van der Waals surface area contributed by atoms with Crippen LogP contribution in [-0.4, -0.2) is 49.3 Å². The van der Waals surface area contributed by atoms with Gasteiger partial charge in [0.1, 0.15) is 5.41 Å². The number of hydrogen-bond acceptors (Lipinski definition) is 3. The lowest BCUT2D eigenvalue weighted by molar-refractivity contribution is -0.159. The Kier molecular flexibility index (Phi) is 4.04. The molecule has 1 aliphatic heterocycles. The molecule has 0 aromatic carbocycles. The van der Waals surface area contributed by atoms with E-state index in [2.05, 4.69) is 11.9 Å². The fraction of sp³-hybridized carbons (Fsp3) is 0.938. The Bertz CT molecular complexity index is 365. The molecule has 114 valence electrons. The fourth-order valence-electron chi connectivity index (χ4n) is 4.79. The van der Waals surface area contributed by atoms with Crippen LogP contribution in [0.3, 0.4) is 0 Å². The first kappa shape index (κ1) is 14.3. The van der Waals surface area contributed by atoms with Crippen LogP contribution < -0.4 is 0 Å². The van der Waals surface area contributed by atoms with Gasteiger partial charge in [-0.2, -0.15) is 0 Å². The molecule has 4 unspecified atom stereocenters. The topological polar surface area (TPSA) is 49.8 Å². The van der Waals surface area contributed by atoms with Crippen molar-refractivity contribution in [3.05, 3.63) is 0 Å². The summed E-state index contributed by atoms with van der Waals surface area (Å²) in [5, 5.41) is 9.60. The molecule has 2 bridgehead atoms. The van der Waals surface area contributed by atoms with Crippen molar-refractivity contribution in [3.8, 4) is 0 Å². The highest BCUT2D eigenvalue weighted by Crippen LogP contribution is 2.48. The van der Waals surface area contributed by atoms with Crippen molar-refractivity contribution in [3.63, 3.8) is 0 Å². The molecule has 4 atom stereocenters. The van der Waals surface area contributed by atoms with E-state index < -0.39 is 11.4 Å². The van der Waals surface area contributed by atoms with Gasteiger partial charge in [0.25, 0.3) is 0 Å². The van der Waals surface area contributed by atoms with E-state index in [4.69, 9.17) is 4.74 Å². The minimum absolute atomic E-state index is 0.378. The van der Waals surface area contributed by atoms with Crippen molar-refractivity contribution < 1.29 is 14.6 Å². The van der Waals surface area contributed by atoms with Gasteiger partial charge in [0, 0.05) is 19.7 Å². The molecular weight excluding hydrogens is 254 g/mol. The van der Waals surface area contributed by atoms with Crippen molar-refractivity contribution in [1.29, 1.82) is 0 Å². The van der Waals surface area contributed by atoms with Crippen molar-refractivity contribution in [2.24, 2.45) is 23.2 Å². The second kappa shape index (κ2) is 5.64. The molecule has 0 aromatic heterocycles. The molecule has 4 heteroatoms. The normalized spacial score (nSPS) is 40.4. The summed E-state index contributed by atoms with van der Waals surface area (Å²) in [6.07, 6.45) is 7.24. The average Bonchev–Trinajstić information content (AvgIpc) is 3.01. The minimum Gasteiger partial charge on any atom is -0.481 e. The molecule has 3 fully saturated rings. The van der Waals surface area contributed by atoms with Crippen LogP contribution in [0.4, 0.5) is 0 Å². The summed E-state index contributed by atoms with van der Waals surface area (Å²) >= 11 is 0. The predicted molar refractivity (Wildman–Crippen MR) is 76.6 cm³/mol. The SMILES string of the molecule is CN(CC1CC2CCC1C2)CC1(C(=O)O)CCCOC1. The van der Waals surface area contributed by atoms with Crippen LogP contribution in [0.1, 0.15) is 38.5 Å². The van der Waals surface area contributed by atoms with Gasteiger partial charge in [-0.25, -0.2) is 0 Å². The Morgan fingerprint density at radius 1 is 1.40 bits per heavy atom. The Balaban J connectivity index is 1.56. The van der Waals surface area contributed by atoms with Crippen LogP contribution in [-0.2, 0) is 9.53 Å². The van der Waals surface area contributed by atoms with E-state index in [1.54, 1.807) is 0 Å². The zero-order valence-corrected chi connectivity index (χ0v) is 12.5. The van der Waals surface area contributed by atoms with Gasteiger partial charge in [-0.05, 0) is 56.9 Å². The van der Waals surface area contributed by atoms with Crippen molar-refractivity contribution in [1.82, 2.24) is 4.90 Å². The molecule has 2 saturated carbocycles. The van der Waals surface area contributed by atoms with Crippen LogP contribution in [0, 0.1) is 23.2 Å². The molecule has 0 radical (unpaired) electrons. The lowest BCUT2D eigenvalue weighted by Gasteiger charge is -2.37. The Morgan fingerprint density at radius 3 is 2.80 bits per heavy atom. The maximum absolute atomic E-state index is 11.7. The zero-order chi connectivity index (χ0) is 14.2. The monoisotopic (exact) mass is 281 g/mol. The van der Waals surface area contributed by atoms with E-state index in [-0.39, 0.29) is 0 Å². The summed E-state index contributed by atoms with van der Waals surface area (Å²) in [7, 11) is 2.09. The second-order valence-corrected chi connectivity index (χ2v) is 7.37.